The highest BCUT2D eigenvalue weighted by Crippen LogP contribution is 2.32. The van der Waals surface area contributed by atoms with Gasteiger partial charge < -0.3 is 15.4 Å². The molecular weight excluding hydrogens is 554 g/mol. The van der Waals surface area contributed by atoms with Crippen LogP contribution in [0.2, 0.25) is 0 Å². The number of carbonyl (C=O) groups is 2. The van der Waals surface area contributed by atoms with Gasteiger partial charge in [-0.15, -0.1) is 10.2 Å². The molecule has 0 bridgehead atoms. The topological polar surface area (TPSA) is 98.1 Å². The number of anilines is 2. The van der Waals surface area contributed by atoms with Gasteiger partial charge in [0.25, 0.3) is 0 Å². The number of nitrogens with zero attached hydrogens (tertiary/aromatic N) is 3. The summed E-state index contributed by atoms with van der Waals surface area (Å²) in [5.74, 6) is 1.11. The minimum Gasteiger partial charge on any atom is -0.494 e. The number of nitrogens with one attached hydrogen (secondary N) is 2. The van der Waals surface area contributed by atoms with Crippen molar-refractivity contribution in [3.8, 4) is 22.8 Å². The molecule has 4 rings (SSSR count). The van der Waals surface area contributed by atoms with Gasteiger partial charge in [-0.25, -0.2) is 0 Å². The highest BCUT2D eigenvalue weighted by molar-refractivity contribution is 9.10. The number of rotatable bonds is 9. The SMILES string of the molecule is CCOc1ccc(-n2c(S[C@@H](C)C(=O)Nc3ccc(NC(C)=O)cc3)nnc2-c2ccc(Br)cc2)cc1. The van der Waals surface area contributed by atoms with E-state index in [9.17, 15) is 9.59 Å². The fraction of sp³-hybridized carbons (Fsp3) is 0.185. The summed E-state index contributed by atoms with van der Waals surface area (Å²) in [6, 6.07) is 22.5. The van der Waals surface area contributed by atoms with Crippen LogP contribution in [0.4, 0.5) is 11.4 Å². The highest BCUT2D eigenvalue weighted by Gasteiger charge is 2.22. The van der Waals surface area contributed by atoms with Gasteiger partial charge in [0.1, 0.15) is 5.75 Å². The molecule has 1 heterocycles. The number of amides is 2. The van der Waals surface area contributed by atoms with Gasteiger partial charge in [0.15, 0.2) is 11.0 Å². The first-order chi connectivity index (χ1) is 17.8. The van der Waals surface area contributed by atoms with Crippen molar-refractivity contribution in [2.45, 2.75) is 31.2 Å². The molecule has 8 nitrogen and oxygen atoms in total. The van der Waals surface area contributed by atoms with Crippen molar-refractivity contribution >= 4 is 50.9 Å². The van der Waals surface area contributed by atoms with Crippen molar-refractivity contribution in [1.82, 2.24) is 14.8 Å². The molecular formula is C27H26BrN5O3S. The zero-order chi connectivity index (χ0) is 26.4. The van der Waals surface area contributed by atoms with Gasteiger partial charge in [-0.2, -0.15) is 0 Å². The van der Waals surface area contributed by atoms with E-state index in [4.69, 9.17) is 4.74 Å². The summed E-state index contributed by atoms with van der Waals surface area (Å²) in [4.78, 5) is 24.2. The van der Waals surface area contributed by atoms with Crippen molar-refractivity contribution in [2.75, 3.05) is 17.2 Å². The Morgan fingerprint density at radius 2 is 1.57 bits per heavy atom. The largest absolute Gasteiger partial charge is 0.494 e. The standard InChI is InChI=1S/C27H26BrN5O3S/c1-4-36-24-15-13-23(14-16-24)33-25(19-5-7-20(28)8-6-19)31-32-27(33)37-17(2)26(35)30-22-11-9-21(10-12-22)29-18(3)34/h5-17H,4H2,1-3H3,(H,29,34)(H,30,35)/t17-/m0/s1. The molecule has 0 aliphatic rings. The minimum absolute atomic E-state index is 0.152. The smallest absolute Gasteiger partial charge is 0.237 e. The molecule has 0 radical (unpaired) electrons. The van der Waals surface area contributed by atoms with E-state index in [1.807, 2.05) is 66.9 Å². The summed E-state index contributed by atoms with van der Waals surface area (Å²) in [5.41, 5.74) is 3.05. The lowest BCUT2D eigenvalue weighted by atomic mass is 10.2. The first-order valence-electron chi connectivity index (χ1n) is 11.6. The third kappa shape index (κ3) is 6.78. The molecule has 0 aliphatic carbocycles. The number of thioether (sulfide) groups is 1. The molecule has 0 saturated carbocycles. The number of ether oxygens (including phenoxy) is 1. The van der Waals surface area contributed by atoms with Crippen LogP contribution in [0.5, 0.6) is 5.75 Å². The van der Waals surface area contributed by atoms with Gasteiger partial charge in [-0.05, 0) is 74.5 Å². The Balaban J connectivity index is 1.57. The molecule has 0 saturated heterocycles. The zero-order valence-electron chi connectivity index (χ0n) is 20.6. The first-order valence-corrected chi connectivity index (χ1v) is 13.3. The molecule has 10 heteroatoms. The average molecular weight is 581 g/mol. The Kier molecular flexibility index (Phi) is 8.62. The van der Waals surface area contributed by atoms with E-state index in [1.165, 1.54) is 18.7 Å². The molecule has 4 aromatic rings. The maximum Gasteiger partial charge on any atom is 0.237 e. The van der Waals surface area contributed by atoms with Crippen molar-refractivity contribution < 1.29 is 14.3 Å². The minimum atomic E-state index is -0.460. The summed E-state index contributed by atoms with van der Waals surface area (Å²) in [7, 11) is 0. The van der Waals surface area contributed by atoms with E-state index in [0.29, 0.717) is 29.0 Å². The second kappa shape index (κ2) is 12.1. The summed E-state index contributed by atoms with van der Waals surface area (Å²) in [5, 5.41) is 14.6. The number of hydrogen-bond donors (Lipinski definition) is 2. The molecule has 1 aromatic heterocycles. The fourth-order valence-corrected chi connectivity index (χ4v) is 4.65. The van der Waals surface area contributed by atoms with Gasteiger partial charge >= 0.3 is 0 Å². The molecule has 2 amide bonds. The van der Waals surface area contributed by atoms with Crippen LogP contribution >= 0.6 is 27.7 Å². The van der Waals surface area contributed by atoms with Crippen LogP contribution in [0.15, 0.2) is 82.4 Å². The summed E-state index contributed by atoms with van der Waals surface area (Å²) in [6.45, 7) is 5.79. The number of carbonyl (C=O) groups excluding carboxylic acids is 2. The van der Waals surface area contributed by atoms with Crippen molar-refractivity contribution in [2.24, 2.45) is 0 Å². The molecule has 0 aliphatic heterocycles. The van der Waals surface area contributed by atoms with Crippen LogP contribution in [-0.4, -0.2) is 38.4 Å². The second-order valence-electron chi connectivity index (χ2n) is 8.08. The average Bonchev–Trinajstić information content (AvgIpc) is 3.29. The maximum atomic E-state index is 13.0. The quantitative estimate of drug-likeness (QED) is 0.230. The molecule has 0 fully saturated rings. The zero-order valence-corrected chi connectivity index (χ0v) is 23.0. The summed E-state index contributed by atoms with van der Waals surface area (Å²) in [6.07, 6.45) is 0. The van der Waals surface area contributed by atoms with Crippen molar-refractivity contribution in [1.29, 1.82) is 0 Å². The Morgan fingerprint density at radius 3 is 2.16 bits per heavy atom. The van der Waals surface area contributed by atoms with Gasteiger partial charge in [-0.3, -0.25) is 14.2 Å². The van der Waals surface area contributed by atoms with Gasteiger partial charge in [0, 0.05) is 34.0 Å². The Hall–Kier alpha value is -3.63. The number of halogens is 1. The fourth-order valence-electron chi connectivity index (χ4n) is 3.52. The van der Waals surface area contributed by atoms with Crippen LogP contribution in [0.1, 0.15) is 20.8 Å². The van der Waals surface area contributed by atoms with Crippen LogP contribution in [0.25, 0.3) is 17.1 Å². The molecule has 37 heavy (non-hydrogen) atoms. The van der Waals surface area contributed by atoms with Crippen LogP contribution < -0.4 is 15.4 Å². The number of aromatic nitrogens is 3. The van der Waals surface area contributed by atoms with Crippen molar-refractivity contribution in [3.05, 3.63) is 77.3 Å². The molecule has 2 N–H and O–H groups in total. The molecule has 0 spiro atoms. The van der Waals surface area contributed by atoms with Crippen LogP contribution in [0, 0.1) is 0 Å². The Labute approximate surface area is 228 Å². The number of benzene rings is 3. The predicted octanol–water partition coefficient (Wildman–Crippen LogP) is 6.17. The lowest BCUT2D eigenvalue weighted by Gasteiger charge is -2.15. The molecule has 1 atom stereocenters. The van der Waals surface area contributed by atoms with E-state index in [1.54, 1.807) is 24.3 Å². The van der Waals surface area contributed by atoms with E-state index >= 15 is 0 Å². The lowest BCUT2D eigenvalue weighted by Crippen LogP contribution is -2.23. The Bertz CT molecular complexity index is 1370. The van der Waals surface area contributed by atoms with Crippen molar-refractivity contribution in [3.63, 3.8) is 0 Å². The molecule has 190 valence electrons. The second-order valence-corrected chi connectivity index (χ2v) is 10.3. The normalized spacial score (nSPS) is 11.6. The Morgan fingerprint density at radius 1 is 0.946 bits per heavy atom. The third-order valence-electron chi connectivity index (χ3n) is 5.27. The van der Waals surface area contributed by atoms with E-state index < -0.39 is 5.25 Å². The predicted molar refractivity (Wildman–Crippen MR) is 150 cm³/mol. The van der Waals surface area contributed by atoms with E-state index in [-0.39, 0.29) is 11.8 Å². The van der Waals surface area contributed by atoms with Crippen LogP contribution in [0.3, 0.4) is 0 Å². The highest BCUT2D eigenvalue weighted by atomic mass is 79.9. The molecule has 3 aromatic carbocycles. The first kappa shape index (κ1) is 26.4. The summed E-state index contributed by atoms with van der Waals surface area (Å²) < 4.78 is 8.50. The van der Waals surface area contributed by atoms with Crippen LogP contribution in [-0.2, 0) is 9.59 Å². The monoisotopic (exact) mass is 579 g/mol. The molecule has 0 unspecified atom stereocenters. The van der Waals surface area contributed by atoms with Gasteiger partial charge in [-0.1, -0.05) is 39.8 Å². The third-order valence-corrected chi connectivity index (χ3v) is 6.84. The summed E-state index contributed by atoms with van der Waals surface area (Å²) >= 11 is 4.79. The van der Waals surface area contributed by atoms with E-state index in [2.05, 4.69) is 36.8 Å². The van der Waals surface area contributed by atoms with Gasteiger partial charge in [0.2, 0.25) is 11.8 Å². The van der Waals surface area contributed by atoms with E-state index in [0.717, 1.165) is 21.5 Å². The maximum absolute atomic E-state index is 13.0. The lowest BCUT2D eigenvalue weighted by molar-refractivity contribution is -0.115. The number of hydrogen-bond acceptors (Lipinski definition) is 6. The van der Waals surface area contributed by atoms with Gasteiger partial charge in [0.05, 0.1) is 11.9 Å².